The van der Waals surface area contributed by atoms with Gasteiger partial charge in [0.05, 0.1) is 14.2 Å². The number of amides is 3. The Labute approximate surface area is 165 Å². The van der Waals surface area contributed by atoms with Gasteiger partial charge in [-0.25, -0.2) is 4.79 Å². The Bertz CT molecular complexity index is 795. The number of para-hydroxylation sites is 1. The first kappa shape index (κ1) is 21.2. The third-order valence-electron chi connectivity index (χ3n) is 4.28. The molecule has 28 heavy (non-hydrogen) atoms. The summed E-state index contributed by atoms with van der Waals surface area (Å²) in [5.41, 5.74) is 1.66. The van der Waals surface area contributed by atoms with Crippen molar-refractivity contribution in [1.82, 2.24) is 15.5 Å². The summed E-state index contributed by atoms with van der Waals surface area (Å²) in [6.07, 6.45) is 0. The van der Waals surface area contributed by atoms with Gasteiger partial charge in [0.15, 0.2) is 11.5 Å². The zero-order valence-corrected chi connectivity index (χ0v) is 16.7. The van der Waals surface area contributed by atoms with Gasteiger partial charge in [0.25, 0.3) is 0 Å². The highest BCUT2D eigenvalue weighted by molar-refractivity contribution is 5.97. The maximum atomic E-state index is 12.9. The van der Waals surface area contributed by atoms with Gasteiger partial charge >= 0.3 is 6.03 Å². The van der Waals surface area contributed by atoms with E-state index >= 15 is 0 Å². The predicted molar refractivity (Wildman–Crippen MR) is 107 cm³/mol. The molecule has 0 bridgehead atoms. The lowest BCUT2D eigenvalue weighted by Gasteiger charge is -2.28. The molecular weight excluding hydrogens is 358 g/mol. The summed E-state index contributed by atoms with van der Waals surface area (Å²) in [7, 11) is 4.99. The maximum Gasteiger partial charge on any atom is 0.321 e. The number of carbonyl (C=O) groups excluding carboxylic acids is 2. The van der Waals surface area contributed by atoms with Crippen LogP contribution in [-0.4, -0.2) is 44.7 Å². The zero-order valence-electron chi connectivity index (χ0n) is 16.7. The third-order valence-corrected chi connectivity index (χ3v) is 4.28. The van der Waals surface area contributed by atoms with Crippen molar-refractivity contribution in [2.24, 2.45) is 0 Å². The quantitative estimate of drug-likeness (QED) is 0.730. The van der Waals surface area contributed by atoms with Crippen LogP contribution in [0.1, 0.15) is 24.1 Å². The Balaban J connectivity index is 2.31. The number of nitrogens with one attached hydrogen (secondary N) is 2. The minimum atomic E-state index is -0.653. The van der Waals surface area contributed by atoms with Gasteiger partial charge in [0, 0.05) is 18.7 Å². The van der Waals surface area contributed by atoms with Crippen molar-refractivity contribution in [2.45, 2.75) is 19.5 Å². The number of benzene rings is 2. The summed E-state index contributed by atoms with van der Waals surface area (Å²) in [6, 6.07) is 13.8. The second kappa shape index (κ2) is 10.3. The van der Waals surface area contributed by atoms with E-state index in [-0.39, 0.29) is 0 Å². The summed E-state index contributed by atoms with van der Waals surface area (Å²) in [4.78, 5) is 26.6. The molecule has 7 nitrogen and oxygen atoms in total. The summed E-state index contributed by atoms with van der Waals surface area (Å²) in [5, 5.41) is 4.99. The summed E-state index contributed by atoms with van der Waals surface area (Å²) in [6.45, 7) is 2.65. The summed E-state index contributed by atoms with van der Waals surface area (Å²) >= 11 is 0. The van der Waals surface area contributed by atoms with E-state index in [0.717, 1.165) is 11.1 Å². The number of hydrogen-bond acceptors (Lipinski definition) is 5. The average molecular weight is 385 g/mol. The van der Waals surface area contributed by atoms with E-state index in [4.69, 9.17) is 9.47 Å². The highest BCUT2D eigenvalue weighted by Gasteiger charge is 2.27. The molecule has 0 aromatic heterocycles. The summed E-state index contributed by atoms with van der Waals surface area (Å²) < 4.78 is 10.8. The maximum absolute atomic E-state index is 12.9. The molecule has 0 radical (unpaired) electrons. The Morgan fingerprint density at radius 1 is 1.04 bits per heavy atom. The standard InChI is InChI=1S/C21H27N3O4/c1-5-22-21(26)23-20(25)18(15-10-7-6-8-11-15)24(2)14-16-12-9-13-17(27-3)19(16)28-4/h6-13,18H,5,14H2,1-4H3,(H2,22,23,25,26)/t18-/m0/s1. The van der Waals surface area contributed by atoms with Gasteiger partial charge in [0.1, 0.15) is 6.04 Å². The highest BCUT2D eigenvalue weighted by Crippen LogP contribution is 2.33. The Kier molecular flexibility index (Phi) is 7.83. The minimum Gasteiger partial charge on any atom is -0.493 e. The van der Waals surface area contributed by atoms with Crippen LogP contribution < -0.4 is 20.1 Å². The Morgan fingerprint density at radius 3 is 2.36 bits per heavy atom. The van der Waals surface area contributed by atoms with Crippen LogP contribution in [0, 0.1) is 0 Å². The van der Waals surface area contributed by atoms with Crippen molar-refractivity contribution < 1.29 is 19.1 Å². The van der Waals surface area contributed by atoms with Crippen LogP contribution in [0.4, 0.5) is 4.79 Å². The lowest BCUT2D eigenvalue weighted by molar-refractivity contribution is -0.125. The molecule has 0 fully saturated rings. The van der Waals surface area contributed by atoms with E-state index in [1.165, 1.54) is 0 Å². The molecule has 2 rings (SSSR count). The normalized spacial score (nSPS) is 11.6. The lowest BCUT2D eigenvalue weighted by Crippen LogP contribution is -2.45. The molecule has 0 unspecified atom stereocenters. The first-order valence-electron chi connectivity index (χ1n) is 9.05. The molecule has 0 heterocycles. The number of methoxy groups -OCH3 is 2. The van der Waals surface area contributed by atoms with Crippen molar-refractivity contribution in [2.75, 3.05) is 27.8 Å². The third kappa shape index (κ3) is 5.23. The first-order chi connectivity index (χ1) is 13.5. The fourth-order valence-electron chi connectivity index (χ4n) is 3.06. The molecule has 3 amide bonds. The Hall–Kier alpha value is -3.06. The minimum absolute atomic E-state index is 0.401. The predicted octanol–water partition coefficient (Wildman–Crippen LogP) is 2.72. The number of urea groups is 1. The molecule has 7 heteroatoms. The molecule has 2 aromatic carbocycles. The lowest BCUT2D eigenvalue weighted by atomic mass is 10.0. The van der Waals surface area contributed by atoms with Crippen LogP contribution in [-0.2, 0) is 11.3 Å². The number of imide groups is 1. The van der Waals surface area contributed by atoms with Crippen molar-refractivity contribution in [1.29, 1.82) is 0 Å². The molecule has 2 N–H and O–H groups in total. The van der Waals surface area contributed by atoms with Gasteiger partial charge in [0.2, 0.25) is 5.91 Å². The number of ether oxygens (including phenoxy) is 2. The van der Waals surface area contributed by atoms with E-state index in [1.807, 2.05) is 60.5 Å². The monoisotopic (exact) mass is 385 g/mol. The molecule has 2 aromatic rings. The highest BCUT2D eigenvalue weighted by atomic mass is 16.5. The second-order valence-corrected chi connectivity index (χ2v) is 6.23. The number of likely N-dealkylation sites (N-methyl/N-ethyl adjacent to an activating group) is 1. The van der Waals surface area contributed by atoms with Gasteiger partial charge in [-0.05, 0) is 25.6 Å². The van der Waals surface area contributed by atoms with Crippen LogP contribution in [0.5, 0.6) is 11.5 Å². The van der Waals surface area contributed by atoms with Crippen LogP contribution in [0.3, 0.4) is 0 Å². The van der Waals surface area contributed by atoms with E-state index in [0.29, 0.717) is 24.6 Å². The van der Waals surface area contributed by atoms with Gasteiger partial charge in [-0.15, -0.1) is 0 Å². The average Bonchev–Trinajstić information content (AvgIpc) is 2.68. The topological polar surface area (TPSA) is 79.9 Å². The molecule has 150 valence electrons. The van der Waals surface area contributed by atoms with Crippen molar-refractivity contribution in [3.8, 4) is 11.5 Å². The Morgan fingerprint density at radius 2 is 1.75 bits per heavy atom. The van der Waals surface area contributed by atoms with Crippen LogP contribution in [0.2, 0.25) is 0 Å². The molecule has 1 atom stereocenters. The van der Waals surface area contributed by atoms with Gasteiger partial charge in [-0.3, -0.25) is 15.0 Å². The number of hydrogen-bond donors (Lipinski definition) is 2. The number of carbonyl (C=O) groups is 2. The number of nitrogens with zero attached hydrogens (tertiary/aromatic N) is 1. The van der Waals surface area contributed by atoms with Gasteiger partial charge in [-0.1, -0.05) is 42.5 Å². The summed E-state index contributed by atoms with van der Waals surface area (Å²) in [5.74, 6) is 0.839. The van der Waals surface area contributed by atoms with Gasteiger partial charge < -0.3 is 14.8 Å². The van der Waals surface area contributed by atoms with E-state index < -0.39 is 18.0 Å². The fourth-order valence-corrected chi connectivity index (χ4v) is 3.06. The van der Waals surface area contributed by atoms with Crippen molar-refractivity contribution >= 4 is 11.9 Å². The molecule has 0 aliphatic carbocycles. The molecule has 0 aliphatic rings. The molecular formula is C21H27N3O4. The SMILES string of the molecule is CCNC(=O)NC(=O)[C@H](c1ccccc1)N(C)Cc1cccc(OC)c1OC. The number of rotatable bonds is 8. The largest absolute Gasteiger partial charge is 0.493 e. The second-order valence-electron chi connectivity index (χ2n) is 6.23. The first-order valence-corrected chi connectivity index (χ1v) is 9.05. The molecule has 0 saturated heterocycles. The molecule has 0 saturated carbocycles. The van der Waals surface area contributed by atoms with Crippen LogP contribution in [0.15, 0.2) is 48.5 Å². The van der Waals surface area contributed by atoms with E-state index in [9.17, 15) is 9.59 Å². The smallest absolute Gasteiger partial charge is 0.321 e. The van der Waals surface area contributed by atoms with Crippen molar-refractivity contribution in [3.05, 3.63) is 59.7 Å². The molecule has 0 spiro atoms. The van der Waals surface area contributed by atoms with Crippen LogP contribution >= 0.6 is 0 Å². The van der Waals surface area contributed by atoms with Crippen LogP contribution in [0.25, 0.3) is 0 Å². The van der Waals surface area contributed by atoms with Gasteiger partial charge in [-0.2, -0.15) is 0 Å². The van der Waals surface area contributed by atoms with Crippen molar-refractivity contribution in [3.63, 3.8) is 0 Å². The molecule has 0 aliphatic heterocycles. The zero-order chi connectivity index (χ0) is 20.5. The van der Waals surface area contributed by atoms with E-state index in [2.05, 4.69) is 10.6 Å². The fraction of sp³-hybridized carbons (Fsp3) is 0.333. The van der Waals surface area contributed by atoms with E-state index in [1.54, 1.807) is 21.1 Å².